The van der Waals surface area contributed by atoms with Gasteiger partial charge in [-0.3, -0.25) is 4.79 Å². The van der Waals surface area contributed by atoms with Crippen LogP contribution in [0.15, 0.2) is 30.3 Å². The summed E-state index contributed by atoms with van der Waals surface area (Å²) in [4.78, 5) is 11.7. The zero-order valence-electron chi connectivity index (χ0n) is 8.70. The Morgan fingerprint density at radius 2 is 2.20 bits per heavy atom. The average molecular weight is 204 g/mol. The van der Waals surface area contributed by atoms with Crippen LogP contribution in [0.5, 0.6) is 0 Å². The Balaban J connectivity index is 1.82. The van der Waals surface area contributed by atoms with Crippen molar-refractivity contribution in [3.05, 3.63) is 35.9 Å². The minimum Gasteiger partial charge on any atom is -0.352 e. The maximum Gasteiger partial charge on any atom is 0.251 e. The summed E-state index contributed by atoms with van der Waals surface area (Å²) in [5.41, 5.74) is 0.739. The summed E-state index contributed by atoms with van der Waals surface area (Å²) in [6.07, 6.45) is 1.16. The molecule has 1 atom stereocenters. The molecule has 0 radical (unpaired) electrons. The maximum absolute atomic E-state index is 11.7. The van der Waals surface area contributed by atoms with Crippen molar-refractivity contribution in [2.24, 2.45) is 5.92 Å². The number of carbonyl (C=O) groups is 1. The Morgan fingerprint density at radius 1 is 1.40 bits per heavy atom. The average Bonchev–Trinajstić information content (AvgIpc) is 2.80. The number of nitrogens with one attached hydrogen (secondary N) is 2. The normalized spacial score (nSPS) is 20.1. The van der Waals surface area contributed by atoms with E-state index in [4.69, 9.17) is 0 Å². The van der Waals surface area contributed by atoms with Crippen LogP contribution in [-0.4, -0.2) is 25.5 Å². The van der Waals surface area contributed by atoms with E-state index in [-0.39, 0.29) is 5.91 Å². The van der Waals surface area contributed by atoms with Crippen molar-refractivity contribution >= 4 is 5.91 Å². The van der Waals surface area contributed by atoms with Crippen LogP contribution < -0.4 is 10.6 Å². The SMILES string of the molecule is O=C(NC[C@@H]1CCNC1)c1ccccc1. The van der Waals surface area contributed by atoms with Gasteiger partial charge in [0.15, 0.2) is 0 Å². The lowest BCUT2D eigenvalue weighted by atomic mass is 10.1. The van der Waals surface area contributed by atoms with E-state index < -0.39 is 0 Å². The second-order valence-corrected chi connectivity index (χ2v) is 3.93. The number of hydrogen-bond acceptors (Lipinski definition) is 2. The molecule has 1 aromatic rings. The van der Waals surface area contributed by atoms with Crippen molar-refractivity contribution in [1.29, 1.82) is 0 Å². The lowest BCUT2D eigenvalue weighted by Crippen LogP contribution is -2.30. The van der Waals surface area contributed by atoms with Crippen LogP contribution in [0.3, 0.4) is 0 Å². The van der Waals surface area contributed by atoms with Gasteiger partial charge in [0.1, 0.15) is 0 Å². The van der Waals surface area contributed by atoms with Gasteiger partial charge < -0.3 is 10.6 Å². The summed E-state index contributed by atoms with van der Waals surface area (Å²) in [6, 6.07) is 9.35. The first-order chi connectivity index (χ1) is 7.36. The minimum absolute atomic E-state index is 0.0301. The predicted octanol–water partition coefficient (Wildman–Crippen LogP) is 1.03. The molecule has 3 nitrogen and oxygen atoms in total. The van der Waals surface area contributed by atoms with E-state index in [1.807, 2.05) is 30.3 Å². The van der Waals surface area contributed by atoms with Crippen LogP contribution in [0.4, 0.5) is 0 Å². The maximum atomic E-state index is 11.7. The molecule has 0 saturated carbocycles. The van der Waals surface area contributed by atoms with Gasteiger partial charge in [-0.05, 0) is 37.6 Å². The van der Waals surface area contributed by atoms with Crippen LogP contribution in [-0.2, 0) is 0 Å². The molecule has 1 fully saturated rings. The molecule has 3 heteroatoms. The van der Waals surface area contributed by atoms with E-state index >= 15 is 0 Å². The molecule has 1 aromatic carbocycles. The molecule has 0 aromatic heterocycles. The molecule has 1 amide bonds. The van der Waals surface area contributed by atoms with Crippen molar-refractivity contribution in [1.82, 2.24) is 10.6 Å². The lowest BCUT2D eigenvalue weighted by Gasteiger charge is -2.09. The molecule has 0 unspecified atom stereocenters. The van der Waals surface area contributed by atoms with Gasteiger partial charge in [0.2, 0.25) is 0 Å². The Kier molecular flexibility index (Phi) is 3.35. The molecule has 80 valence electrons. The number of amides is 1. The molecule has 0 bridgehead atoms. The van der Waals surface area contributed by atoms with Gasteiger partial charge in [0, 0.05) is 12.1 Å². The Labute approximate surface area is 89.9 Å². The lowest BCUT2D eigenvalue weighted by molar-refractivity contribution is 0.0948. The van der Waals surface area contributed by atoms with Gasteiger partial charge in [-0.25, -0.2) is 0 Å². The molecular formula is C12H16N2O. The fourth-order valence-corrected chi connectivity index (χ4v) is 1.82. The Hall–Kier alpha value is -1.35. The fraction of sp³-hybridized carbons (Fsp3) is 0.417. The minimum atomic E-state index is 0.0301. The molecule has 1 aliphatic rings. The topological polar surface area (TPSA) is 41.1 Å². The van der Waals surface area contributed by atoms with Crippen molar-refractivity contribution < 1.29 is 4.79 Å². The number of benzene rings is 1. The number of hydrogen-bond donors (Lipinski definition) is 2. The molecule has 1 saturated heterocycles. The predicted molar refractivity (Wildman–Crippen MR) is 59.8 cm³/mol. The highest BCUT2D eigenvalue weighted by atomic mass is 16.1. The van der Waals surface area contributed by atoms with Gasteiger partial charge in [-0.1, -0.05) is 18.2 Å². The molecule has 2 rings (SSSR count). The number of carbonyl (C=O) groups excluding carboxylic acids is 1. The molecule has 1 aliphatic heterocycles. The first-order valence-electron chi connectivity index (χ1n) is 5.40. The third-order valence-electron chi connectivity index (χ3n) is 2.75. The van der Waals surface area contributed by atoms with Crippen molar-refractivity contribution in [2.45, 2.75) is 6.42 Å². The summed E-state index contributed by atoms with van der Waals surface area (Å²) >= 11 is 0. The fourth-order valence-electron chi connectivity index (χ4n) is 1.82. The van der Waals surface area contributed by atoms with E-state index in [1.165, 1.54) is 0 Å². The summed E-state index contributed by atoms with van der Waals surface area (Å²) in [6.45, 7) is 2.88. The molecule has 0 aliphatic carbocycles. The van der Waals surface area contributed by atoms with Crippen LogP contribution in [0, 0.1) is 5.92 Å². The Bertz CT molecular complexity index is 318. The first-order valence-corrected chi connectivity index (χ1v) is 5.40. The highest BCUT2D eigenvalue weighted by molar-refractivity contribution is 5.94. The molecule has 1 heterocycles. The summed E-state index contributed by atoms with van der Waals surface area (Å²) in [7, 11) is 0. The number of rotatable bonds is 3. The van der Waals surface area contributed by atoms with E-state index in [1.54, 1.807) is 0 Å². The van der Waals surface area contributed by atoms with Crippen LogP contribution in [0.1, 0.15) is 16.8 Å². The highest BCUT2D eigenvalue weighted by Gasteiger charge is 2.15. The molecule has 2 N–H and O–H groups in total. The van der Waals surface area contributed by atoms with Crippen molar-refractivity contribution in [3.63, 3.8) is 0 Å². The smallest absolute Gasteiger partial charge is 0.251 e. The zero-order valence-corrected chi connectivity index (χ0v) is 8.70. The van der Waals surface area contributed by atoms with Gasteiger partial charge in [0.05, 0.1) is 0 Å². The van der Waals surface area contributed by atoms with Gasteiger partial charge in [-0.15, -0.1) is 0 Å². The van der Waals surface area contributed by atoms with Crippen LogP contribution in [0.25, 0.3) is 0 Å². The van der Waals surface area contributed by atoms with Gasteiger partial charge in [0.25, 0.3) is 5.91 Å². The highest BCUT2D eigenvalue weighted by Crippen LogP contribution is 2.06. The standard InChI is InChI=1S/C12H16N2O/c15-12(11-4-2-1-3-5-11)14-9-10-6-7-13-8-10/h1-5,10,13H,6-9H2,(H,14,15)/t10-/m1/s1. The second-order valence-electron chi connectivity index (χ2n) is 3.93. The van der Waals surface area contributed by atoms with Crippen molar-refractivity contribution in [2.75, 3.05) is 19.6 Å². The van der Waals surface area contributed by atoms with E-state index in [9.17, 15) is 4.79 Å². The quantitative estimate of drug-likeness (QED) is 0.772. The molecule has 15 heavy (non-hydrogen) atoms. The van der Waals surface area contributed by atoms with Gasteiger partial charge >= 0.3 is 0 Å². The summed E-state index contributed by atoms with van der Waals surface area (Å²) in [5.74, 6) is 0.625. The first kappa shape index (κ1) is 10.2. The largest absolute Gasteiger partial charge is 0.352 e. The molecule has 0 spiro atoms. The third kappa shape index (κ3) is 2.80. The summed E-state index contributed by atoms with van der Waals surface area (Å²) in [5, 5.41) is 6.25. The van der Waals surface area contributed by atoms with E-state index in [0.29, 0.717) is 5.92 Å². The van der Waals surface area contributed by atoms with Crippen LogP contribution >= 0.6 is 0 Å². The summed E-state index contributed by atoms with van der Waals surface area (Å²) < 4.78 is 0. The van der Waals surface area contributed by atoms with Crippen LogP contribution in [0.2, 0.25) is 0 Å². The zero-order chi connectivity index (χ0) is 10.5. The van der Waals surface area contributed by atoms with Crippen molar-refractivity contribution in [3.8, 4) is 0 Å². The van der Waals surface area contributed by atoms with Gasteiger partial charge in [-0.2, -0.15) is 0 Å². The van der Waals surface area contributed by atoms with E-state index in [2.05, 4.69) is 10.6 Å². The van der Waals surface area contributed by atoms with E-state index in [0.717, 1.165) is 31.6 Å². The second kappa shape index (κ2) is 4.94. The molecular weight excluding hydrogens is 188 g/mol. The monoisotopic (exact) mass is 204 g/mol. The third-order valence-corrected chi connectivity index (χ3v) is 2.75. The Morgan fingerprint density at radius 3 is 2.87 bits per heavy atom.